The molecule has 0 spiro atoms. The van der Waals surface area contributed by atoms with Crippen LogP contribution in [0.5, 0.6) is 0 Å². The lowest BCUT2D eigenvalue weighted by molar-refractivity contribution is -0.139. The molecule has 2 aromatic carbocycles. The van der Waals surface area contributed by atoms with E-state index in [0.717, 1.165) is 22.3 Å². The topological polar surface area (TPSA) is 94.1 Å². The molecular formula is C24H28BNO6. The van der Waals surface area contributed by atoms with E-state index in [9.17, 15) is 14.7 Å². The number of hydrogen-bond acceptors (Lipinski definition) is 5. The average Bonchev–Trinajstić information content (AvgIpc) is 3.15. The Hall–Kier alpha value is -2.84. The van der Waals surface area contributed by atoms with E-state index < -0.39 is 36.4 Å². The minimum Gasteiger partial charge on any atom is -0.480 e. The Morgan fingerprint density at radius 2 is 1.50 bits per heavy atom. The predicted molar refractivity (Wildman–Crippen MR) is 121 cm³/mol. The predicted octanol–water partition coefficient (Wildman–Crippen LogP) is 4.07. The van der Waals surface area contributed by atoms with E-state index >= 15 is 0 Å². The van der Waals surface area contributed by atoms with E-state index in [1.807, 2.05) is 64.1 Å². The SMILES string of the molecule is CC1(C)OB(CC(NC(=O)OCC2c3ccccc3-c3ccccc32)C(=O)O)OC1(C)C. The Balaban J connectivity index is 1.39. The molecule has 4 rings (SSSR count). The highest BCUT2D eigenvalue weighted by Crippen LogP contribution is 2.44. The normalized spacial score (nSPS) is 19.2. The number of fused-ring (bicyclic) bond motifs is 3. The van der Waals surface area contributed by atoms with Crippen LogP contribution in [0.4, 0.5) is 4.79 Å². The van der Waals surface area contributed by atoms with E-state index in [2.05, 4.69) is 17.4 Å². The molecule has 2 aliphatic rings. The van der Waals surface area contributed by atoms with Gasteiger partial charge < -0.3 is 24.5 Å². The largest absolute Gasteiger partial charge is 0.480 e. The van der Waals surface area contributed by atoms with Crippen molar-refractivity contribution in [1.82, 2.24) is 5.32 Å². The van der Waals surface area contributed by atoms with Crippen LogP contribution in [-0.2, 0) is 18.8 Å². The lowest BCUT2D eigenvalue weighted by atomic mass is 9.80. The van der Waals surface area contributed by atoms with Gasteiger partial charge in [-0.3, -0.25) is 4.79 Å². The number of benzene rings is 2. The zero-order valence-corrected chi connectivity index (χ0v) is 18.8. The molecule has 1 aliphatic heterocycles. The molecule has 7 nitrogen and oxygen atoms in total. The Kier molecular flexibility index (Phi) is 5.77. The third kappa shape index (κ3) is 4.12. The molecule has 1 aliphatic carbocycles. The number of aliphatic carboxylic acids is 1. The van der Waals surface area contributed by atoms with Crippen LogP contribution in [0.15, 0.2) is 48.5 Å². The molecule has 8 heteroatoms. The van der Waals surface area contributed by atoms with Crippen molar-refractivity contribution < 1.29 is 28.7 Å². The lowest BCUT2D eigenvalue weighted by Crippen LogP contribution is -2.44. The molecule has 0 aromatic heterocycles. The number of nitrogens with one attached hydrogen (secondary N) is 1. The first-order valence-corrected chi connectivity index (χ1v) is 10.8. The molecule has 0 radical (unpaired) electrons. The third-order valence-electron chi connectivity index (χ3n) is 6.66. The van der Waals surface area contributed by atoms with E-state index in [1.54, 1.807) is 0 Å². The highest BCUT2D eigenvalue weighted by molar-refractivity contribution is 6.46. The quantitative estimate of drug-likeness (QED) is 0.662. The average molecular weight is 437 g/mol. The summed E-state index contributed by atoms with van der Waals surface area (Å²) in [5, 5.41) is 12.1. The van der Waals surface area contributed by atoms with Crippen molar-refractivity contribution in [3.63, 3.8) is 0 Å². The highest BCUT2D eigenvalue weighted by Gasteiger charge is 2.52. The summed E-state index contributed by atoms with van der Waals surface area (Å²) in [6, 6.07) is 14.9. The van der Waals surface area contributed by atoms with Crippen LogP contribution in [0.2, 0.25) is 6.32 Å². The number of carboxylic acid groups (broad SMARTS) is 1. The number of alkyl carbamates (subject to hydrolysis) is 1. The third-order valence-corrected chi connectivity index (χ3v) is 6.66. The monoisotopic (exact) mass is 437 g/mol. The van der Waals surface area contributed by atoms with Crippen LogP contribution >= 0.6 is 0 Å². The fourth-order valence-corrected chi connectivity index (χ4v) is 4.26. The molecule has 32 heavy (non-hydrogen) atoms. The second kappa shape index (κ2) is 8.26. The van der Waals surface area contributed by atoms with Crippen LogP contribution in [-0.4, -0.2) is 48.1 Å². The molecule has 1 unspecified atom stereocenters. The van der Waals surface area contributed by atoms with Gasteiger partial charge in [-0.25, -0.2) is 4.79 Å². The highest BCUT2D eigenvalue weighted by atomic mass is 16.7. The van der Waals surface area contributed by atoms with Crippen LogP contribution < -0.4 is 5.32 Å². The van der Waals surface area contributed by atoms with Gasteiger partial charge in [-0.15, -0.1) is 0 Å². The molecule has 0 bridgehead atoms. The zero-order chi connectivity index (χ0) is 23.1. The number of carbonyl (C=O) groups excluding carboxylic acids is 1. The molecule has 1 amide bonds. The molecule has 1 heterocycles. The zero-order valence-electron chi connectivity index (χ0n) is 18.8. The molecule has 2 N–H and O–H groups in total. The van der Waals surface area contributed by atoms with Crippen LogP contribution in [0.1, 0.15) is 44.7 Å². The maximum atomic E-state index is 12.5. The summed E-state index contributed by atoms with van der Waals surface area (Å²) in [6.07, 6.45) is -0.803. The first-order valence-electron chi connectivity index (χ1n) is 10.8. The van der Waals surface area contributed by atoms with Gasteiger partial charge in [0.2, 0.25) is 0 Å². The lowest BCUT2D eigenvalue weighted by Gasteiger charge is -2.32. The Morgan fingerprint density at radius 1 is 1.00 bits per heavy atom. The molecule has 2 aromatic rings. The van der Waals surface area contributed by atoms with E-state index in [0.29, 0.717) is 0 Å². The Labute approximate surface area is 188 Å². The fourth-order valence-electron chi connectivity index (χ4n) is 4.26. The van der Waals surface area contributed by atoms with E-state index in [-0.39, 0.29) is 18.8 Å². The minimum absolute atomic E-state index is 0.0214. The second-order valence-electron chi connectivity index (χ2n) is 9.28. The smallest absolute Gasteiger partial charge is 0.460 e. The number of carboxylic acids is 1. The molecule has 1 atom stereocenters. The maximum absolute atomic E-state index is 12.5. The summed E-state index contributed by atoms with van der Waals surface area (Å²) >= 11 is 0. The van der Waals surface area contributed by atoms with Gasteiger partial charge >= 0.3 is 19.2 Å². The molecular weight excluding hydrogens is 409 g/mol. The van der Waals surface area contributed by atoms with Crippen LogP contribution in [0, 0.1) is 0 Å². The molecule has 0 saturated carbocycles. The molecule has 1 saturated heterocycles. The van der Waals surface area contributed by atoms with Crippen molar-refractivity contribution >= 4 is 19.2 Å². The van der Waals surface area contributed by atoms with Gasteiger partial charge in [-0.1, -0.05) is 48.5 Å². The van der Waals surface area contributed by atoms with Crippen molar-refractivity contribution in [3.05, 3.63) is 59.7 Å². The van der Waals surface area contributed by atoms with Crippen molar-refractivity contribution in [2.75, 3.05) is 6.61 Å². The van der Waals surface area contributed by atoms with E-state index in [4.69, 9.17) is 14.0 Å². The minimum atomic E-state index is -1.19. The maximum Gasteiger partial charge on any atom is 0.460 e. The van der Waals surface area contributed by atoms with Crippen LogP contribution in [0.25, 0.3) is 11.1 Å². The number of rotatable bonds is 6. The van der Waals surface area contributed by atoms with Crippen molar-refractivity contribution in [2.45, 2.75) is 57.2 Å². The van der Waals surface area contributed by atoms with Gasteiger partial charge in [0, 0.05) is 12.2 Å². The summed E-state index contributed by atoms with van der Waals surface area (Å²) in [6.45, 7) is 7.68. The van der Waals surface area contributed by atoms with Crippen molar-refractivity contribution in [1.29, 1.82) is 0 Å². The van der Waals surface area contributed by atoms with Crippen LogP contribution in [0.3, 0.4) is 0 Å². The van der Waals surface area contributed by atoms with Crippen molar-refractivity contribution in [2.24, 2.45) is 0 Å². The number of ether oxygens (including phenoxy) is 1. The Morgan fingerprint density at radius 3 is 2.00 bits per heavy atom. The summed E-state index contributed by atoms with van der Waals surface area (Å²) in [4.78, 5) is 24.2. The summed E-state index contributed by atoms with van der Waals surface area (Å²) in [5.74, 6) is -1.27. The summed E-state index contributed by atoms with van der Waals surface area (Å²) in [5.41, 5.74) is 3.28. The Bertz CT molecular complexity index is 975. The van der Waals surface area contributed by atoms with Gasteiger partial charge in [0.15, 0.2) is 0 Å². The second-order valence-corrected chi connectivity index (χ2v) is 9.28. The van der Waals surface area contributed by atoms with Gasteiger partial charge in [-0.05, 0) is 49.9 Å². The number of hydrogen-bond donors (Lipinski definition) is 2. The van der Waals surface area contributed by atoms with Gasteiger partial charge in [0.05, 0.1) is 11.2 Å². The summed E-state index contributed by atoms with van der Waals surface area (Å²) < 4.78 is 17.2. The van der Waals surface area contributed by atoms with Gasteiger partial charge in [0.1, 0.15) is 12.6 Å². The molecule has 168 valence electrons. The number of carbonyl (C=O) groups is 2. The standard InChI is InChI=1S/C24H28BNO6/c1-23(2)24(3,4)32-25(31-23)13-20(21(27)28)26-22(29)30-14-19-17-11-7-5-9-15(17)16-10-6-8-12-18(16)19/h5-12,19-20H,13-14H2,1-4H3,(H,26,29)(H,27,28). The van der Waals surface area contributed by atoms with E-state index in [1.165, 1.54) is 0 Å². The molecule has 1 fully saturated rings. The summed E-state index contributed by atoms with van der Waals surface area (Å²) in [7, 11) is -0.741. The number of amides is 1. The fraction of sp³-hybridized carbons (Fsp3) is 0.417. The van der Waals surface area contributed by atoms with Gasteiger partial charge in [-0.2, -0.15) is 0 Å². The van der Waals surface area contributed by atoms with Crippen molar-refractivity contribution in [3.8, 4) is 11.1 Å². The first-order chi connectivity index (χ1) is 15.1. The van der Waals surface area contributed by atoms with Gasteiger partial charge in [0.25, 0.3) is 0 Å². The first kappa shape index (κ1) is 22.4.